The van der Waals surface area contributed by atoms with Crippen molar-refractivity contribution in [1.82, 2.24) is 14.9 Å². The van der Waals surface area contributed by atoms with E-state index in [1.165, 1.54) is 11.7 Å². The van der Waals surface area contributed by atoms with Gasteiger partial charge in [0, 0.05) is 25.8 Å². The fourth-order valence-electron chi connectivity index (χ4n) is 4.09. The molecule has 168 valence electrons. The zero-order valence-electron chi connectivity index (χ0n) is 18.2. The van der Waals surface area contributed by atoms with Crippen molar-refractivity contribution in [1.29, 1.82) is 0 Å². The first-order chi connectivity index (χ1) is 14.8. The van der Waals surface area contributed by atoms with Crippen LogP contribution in [-0.4, -0.2) is 47.8 Å². The Kier molecular flexibility index (Phi) is 7.27. The van der Waals surface area contributed by atoms with Crippen molar-refractivity contribution >= 4 is 35.0 Å². The first-order valence-corrected chi connectivity index (χ1v) is 10.9. The summed E-state index contributed by atoms with van der Waals surface area (Å²) in [6.07, 6.45) is 3.41. The number of esters is 1. The van der Waals surface area contributed by atoms with Gasteiger partial charge in [-0.1, -0.05) is 6.92 Å². The first kappa shape index (κ1) is 23.1. The van der Waals surface area contributed by atoms with Crippen LogP contribution in [0, 0.1) is 10.7 Å². The number of methoxy groups -OCH3 is 2. The molecular formula is C22H29N3O5S. The molecule has 1 heterocycles. The average molecular weight is 448 g/mol. The molecule has 0 unspecified atom stereocenters. The molecule has 0 radical (unpaired) electrons. The Labute approximate surface area is 185 Å². The number of carbonyl (C=O) groups excluding carboxylic acids is 2. The van der Waals surface area contributed by atoms with Crippen LogP contribution >= 0.6 is 12.2 Å². The average Bonchev–Trinajstić information content (AvgIpc) is 2.76. The minimum absolute atomic E-state index is 0.214. The van der Waals surface area contributed by atoms with Gasteiger partial charge in [0.15, 0.2) is 4.77 Å². The Morgan fingerprint density at radius 3 is 2.65 bits per heavy atom. The molecule has 2 aromatic rings. The number of hydrogen-bond acceptors (Lipinski definition) is 6. The molecule has 0 aliphatic heterocycles. The van der Waals surface area contributed by atoms with E-state index in [1.54, 1.807) is 25.3 Å². The van der Waals surface area contributed by atoms with Gasteiger partial charge in [0.25, 0.3) is 11.5 Å². The highest BCUT2D eigenvalue weighted by atomic mass is 32.1. The molecule has 0 saturated heterocycles. The fraction of sp³-hybridized carbons (Fsp3) is 0.545. The third-order valence-electron chi connectivity index (χ3n) is 6.03. The fourth-order valence-corrected chi connectivity index (χ4v) is 4.37. The molecule has 8 nitrogen and oxygen atoms in total. The normalized spacial score (nSPS) is 21.1. The molecule has 1 aliphatic rings. The van der Waals surface area contributed by atoms with E-state index in [2.05, 4.69) is 17.2 Å². The number of rotatable bonds is 7. The second-order valence-corrected chi connectivity index (χ2v) is 8.59. The van der Waals surface area contributed by atoms with Crippen LogP contribution in [0.3, 0.4) is 0 Å². The number of fused-ring (bicyclic) bond motifs is 1. The van der Waals surface area contributed by atoms with Gasteiger partial charge in [0.2, 0.25) is 0 Å². The summed E-state index contributed by atoms with van der Waals surface area (Å²) in [4.78, 5) is 41.4. The third-order valence-corrected chi connectivity index (χ3v) is 6.35. The Hall–Kier alpha value is -2.52. The van der Waals surface area contributed by atoms with Gasteiger partial charge in [-0.05, 0) is 68.4 Å². The number of H-pyrrole nitrogens is 1. The van der Waals surface area contributed by atoms with Crippen molar-refractivity contribution in [2.45, 2.75) is 51.1 Å². The van der Waals surface area contributed by atoms with E-state index in [-0.39, 0.29) is 11.5 Å². The van der Waals surface area contributed by atoms with Gasteiger partial charge in [-0.3, -0.25) is 14.2 Å². The first-order valence-electron chi connectivity index (χ1n) is 10.5. The Balaban J connectivity index is 1.89. The maximum atomic E-state index is 13.0. The Morgan fingerprint density at radius 1 is 1.29 bits per heavy atom. The lowest BCUT2D eigenvalue weighted by molar-refractivity contribution is -0.150. The molecule has 1 aromatic heterocycles. The smallest absolute Gasteiger partial charge is 0.331 e. The van der Waals surface area contributed by atoms with Gasteiger partial charge >= 0.3 is 5.97 Å². The lowest BCUT2D eigenvalue weighted by Gasteiger charge is -2.37. The molecule has 31 heavy (non-hydrogen) atoms. The van der Waals surface area contributed by atoms with Gasteiger partial charge in [0.05, 0.1) is 18.0 Å². The monoisotopic (exact) mass is 447 g/mol. The highest BCUT2D eigenvalue weighted by Gasteiger charge is 2.43. The molecule has 1 fully saturated rings. The topological polar surface area (TPSA) is 102 Å². The summed E-state index contributed by atoms with van der Waals surface area (Å²) < 4.78 is 11.8. The lowest BCUT2D eigenvalue weighted by atomic mass is 9.77. The van der Waals surface area contributed by atoms with Gasteiger partial charge in [-0.15, -0.1) is 0 Å². The lowest BCUT2D eigenvalue weighted by Crippen LogP contribution is -2.56. The third kappa shape index (κ3) is 4.88. The van der Waals surface area contributed by atoms with Crippen LogP contribution in [0.5, 0.6) is 0 Å². The van der Waals surface area contributed by atoms with E-state index in [9.17, 15) is 14.4 Å². The van der Waals surface area contributed by atoms with Gasteiger partial charge in [-0.2, -0.15) is 0 Å². The summed E-state index contributed by atoms with van der Waals surface area (Å²) in [5.41, 5.74) is -0.411. The summed E-state index contributed by atoms with van der Waals surface area (Å²) in [7, 11) is 2.94. The van der Waals surface area contributed by atoms with E-state index < -0.39 is 11.5 Å². The van der Waals surface area contributed by atoms with Crippen LogP contribution in [0.15, 0.2) is 23.0 Å². The standard InChI is InChI=1S/C22H29N3O5S/c1-14-7-9-22(10-8-14,20(28)30-3)24-18(26)15-5-6-16-17(13-15)23-21(31)25(19(16)27)11-4-12-29-2/h5-6,13-14H,4,7-12H2,1-3H3,(H,23,31)(H,24,26). The van der Waals surface area contributed by atoms with E-state index in [0.29, 0.717) is 59.6 Å². The second-order valence-electron chi connectivity index (χ2n) is 8.20. The van der Waals surface area contributed by atoms with Crippen molar-refractivity contribution in [3.05, 3.63) is 38.9 Å². The predicted molar refractivity (Wildman–Crippen MR) is 120 cm³/mol. The van der Waals surface area contributed by atoms with E-state index in [0.717, 1.165) is 12.8 Å². The van der Waals surface area contributed by atoms with E-state index >= 15 is 0 Å². The summed E-state index contributed by atoms with van der Waals surface area (Å²) >= 11 is 5.34. The van der Waals surface area contributed by atoms with Crippen molar-refractivity contribution in [3.63, 3.8) is 0 Å². The number of hydrogen-bond donors (Lipinski definition) is 2. The second kappa shape index (κ2) is 9.74. The SMILES string of the molecule is COCCCn1c(=S)[nH]c2cc(C(=O)NC3(C(=O)OC)CCC(C)CC3)ccc2c1=O. The van der Waals surface area contributed by atoms with Crippen LogP contribution in [0.1, 0.15) is 49.4 Å². The van der Waals surface area contributed by atoms with Crippen molar-refractivity contribution < 1.29 is 19.1 Å². The maximum Gasteiger partial charge on any atom is 0.331 e. The highest BCUT2D eigenvalue weighted by molar-refractivity contribution is 7.71. The number of aromatic nitrogens is 2. The molecule has 0 atom stereocenters. The van der Waals surface area contributed by atoms with E-state index in [4.69, 9.17) is 21.7 Å². The zero-order valence-corrected chi connectivity index (χ0v) is 19.0. The number of carbonyl (C=O) groups is 2. The molecule has 0 bridgehead atoms. The van der Waals surface area contributed by atoms with Crippen LogP contribution in [0.25, 0.3) is 10.9 Å². The van der Waals surface area contributed by atoms with Crippen molar-refractivity contribution in [3.8, 4) is 0 Å². The Morgan fingerprint density at radius 2 is 2.00 bits per heavy atom. The largest absolute Gasteiger partial charge is 0.467 e. The molecule has 2 N–H and O–H groups in total. The summed E-state index contributed by atoms with van der Waals surface area (Å²) in [5, 5.41) is 3.35. The molecule has 1 amide bonds. The Bertz CT molecular complexity index is 1080. The van der Waals surface area contributed by atoms with Gasteiger partial charge in [0.1, 0.15) is 5.54 Å². The molecule has 9 heteroatoms. The molecule has 1 aliphatic carbocycles. The quantitative estimate of drug-likeness (QED) is 0.384. The number of aromatic amines is 1. The van der Waals surface area contributed by atoms with Gasteiger partial charge < -0.3 is 19.8 Å². The highest BCUT2D eigenvalue weighted by Crippen LogP contribution is 2.33. The molecule has 1 saturated carbocycles. The minimum Gasteiger partial charge on any atom is -0.467 e. The molecule has 3 rings (SSSR count). The van der Waals surface area contributed by atoms with Gasteiger partial charge in [-0.25, -0.2) is 4.79 Å². The van der Waals surface area contributed by atoms with Crippen LogP contribution in [0.4, 0.5) is 0 Å². The number of amides is 1. The minimum atomic E-state index is -1.02. The van der Waals surface area contributed by atoms with Crippen molar-refractivity contribution in [2.24, 2.45) is 5.92 Å². The number of ether oxygens (including phenoxy) is 2. The van der Waals surface area contributed by atoms with Crippen LogP contribution in [0.2, 0.25) is 0 Å². The molecular weight excluding hydrogens is 418 g/mol. The predicted octanol–water partition coefficient (Wildman–Crippen LogP) is 2.95. The molecule has 1 aromatic carbocycles. The summed E-state index contributed by atoms with van der Waals surface area (Å²) in [6, 6.07) is 4.79. The maximum absolute atomic E-state index is 13.0. The summed E-state index contributed by atoms with van der Waals surface area (Å²) in [6.45, 7) is 3.11. The van der Waals surface area contributed by atoms with Crippen molar-refractivity contribution in [2.75, 3.05) is 20.8 Å². The van der Waals surface area contributed by atoms with Crippen LogP contribution in [-0.2, 0) is 20.8 Å². The zero-order chi connectivity index (χ0) is 22.6. The number of nitrogens with zero attached hydrogens (tertiary/aromatic N) is 1. The van der Waals surface area contributed by atoms with Crippen LogP contribution < -0.4 is 10.9 Å². The van der Waals surface area contributed by atoms with E-state index in [1.807, 2.05) is 0 Å². The number of benzene rings is 1. The number of nitrogens with one attached hydrogen (secondary N) is 2. The summed E-state index contributed by atoms with van der Waals surface area (Å²) in [5.74, 6) is -0.307. The molecule has 0 spiro atoms.